The maximum Gasteiger partial charge on any atom is 0.408 e. The number of benzene rings is 1. The summed E-state index contributed by atoms with van der Waals surface area (Å²) in [5.41, 5.74) is 5.57. The van der Waals surface area contributed by atoms with Crippen LogP contribution in [0.1, 0.15) is 26.3 Å². The molecule has 1 aliphatic rings. The molecule has 14 nitrogen and oxygen atoms in total. The van der Waals surface area contributed by atoms with Gasteiger partial charge in [0.25, 0.3) is 5.91 Å². The lowest BCUT2D eigenvalue weighted by molar-refractivity contribution is -0.160. The van der Waals surface area contributed by atoms with E-state index in [1.807, 2.05) is 0 Å². The lowest BCUT2D eigenvalue weighted by Crippen LogP contribution is -2.53. The molecule has 0 radical (unpaired) electrons. The summed E-state index contributed by atoms with van der Waals surface area (Å²) < 4.78 is 10.1. The number of carboxylic acids is 1. The van der Waals surface area contributed by atoms with Crippen LogP contribution in [0.5, 0.6) is 0 Å². The maximum atomic E-state index is 12.5. The van der Waals surface area contributed by atoms with Gasteiger partial charge in [-0.1, -0.05) is 30.3 Å². The molecule has 1 aromatic carbocycles. The fourth-order valence-corrected chi connectivity index (χ4v) is 2.95. The molecule has 0 aromatic heterocycles. The highest BCUT2D eigenvalue weighted by molar-refractivity contribution is 6.05. The van der Waals surface area contributed by atoms with Gasteiger partial charge in [0.1, 0.15) is 31.3 Å². The van der Waals surface area contributed by atoms with Crippen molar-refractivity contribution in [3.63, 3.8) is 0 Å². The Labute approximate surface area is 206 Å². The maximum absolute atomic E-state index is 12.5. The van der Waals surface area contributed by atoms with Crippen molar-refractivity contribution >= 4 is 35.9 Å². The lowest BCUT2D eigenvalue weighted by atomic mass is 10.2. The molecule has 1 fully saturated rings. The van der Waals surface area contributed by atoms with Gasteiger partial charge in [0.15, 0.2) is 6.17 Å². The van der Waals surface area contributed by atoms with E-state index in [9.17, 15) is 33.9 Å². The molecule has 14 heteroatoms. The van der Waals surface area contributed by atoms with Crippen molar-refractivity contribution in [3.05, 3.63) is 35.9 Å². The molecule has 1 saturated heterocycles. The van der Waals surface area contributed by atoms with E-state index in [-0.39, 0.29) is 6.61 Å². The number of carbonyl (C=O) groups excluding carboxylic acids is 5. The summed E-state index contributed by atoms with van der Waals surface area (Å²) in [6.07, 6.45) is -2.58. The average molecular weight is 508 g/mol. The number of aliphatic carboxylic acids is 1. The van der Waals surface area contributed by atoms with E-state index in [1.54, 1.807) is 51.1 Å². The Morgan fingerprint density at radius 2 is 1.78 bits per heavy atom. The number of hydrogen-bond donors (Lipinski definition) is 4. The van der Waals surface area contributed by atoms with Crippen molar-refractivity contribution in [2.24, 2.45) is 5.73 Å². The molecular formula is C22H29N5O9. The highest BCUT2D eigenvalue weighted by Gasteiger charge is 2.43. The third kappa shape index (κ3) is 8.23. The molecule has 2 atom stereocenters. The molecule has 1 aliphatic heterocycles. The van der Waals surface area contributed by atoms with Crippen molar-refractivity contribution in [1.82, 2.24) is 20.4 Å². The van der Waals surface area contributed by atoms with E-state index in [2.05, 4.69) is 10.6 Å². The van der Waals surface area contributed by atoms with Crippen molar-refractivity contribution in [3.8, 4) is 0 Å². The molecule has 0 spiro atoms. The summed E-state index contributed by atoms with van der Waals surface area (Å²) in [5.74, 6) is -4.04. The van der Waals surface area contributed by atoms with Gasteiger partial charge in [0.05, 0.1) is 0 Å². The molecule has 5 amide bonds. The molecule has 1 aromatic rings. The molecule has 1 unspecified atom stereocenters. The molecule has 0 saturated carbocycles. The van der Waals surface area contributed by atoms with Gasteiger partial charge >= 0.3 is 24.1 Å². The van der Waals surface area contributed by atoms with E-state index in [0.29, 0.717) is 10.5 Å². The van der Waals surface area contributed by atoms with Gasteiger partial charge in [-0.25, -0.2) is 19.2 Å². The molecule has 2 rings (SSSR count). The van der Waals surface area contributed by atoms with Crippen LogP contribution >= 0.6 is 0 Å². The number of hydrogen-bond acceptors (Lipinski definition) is 9. The molecule has 1 heterocycles. The third-order valence-electron chi connectivity index (χ3n) is 4.68. The zero-order chi connectivity index (χ0) is 27.0. The van der Waals surface area contributed by atoms with Crippen LogP contribution in [0.15, 0.2) is 30.3 Å². The van der Waals surface area contributed by atoms with Crippen LogP contribution in [0, 0.1) is 0 Å². The standard InChI is InChI=1S/C22H29N5O9/c1-22(2,3)36-19(32)17(23)27-11-16(29)26(21(27)34)10-15(28)24-9-14(18(30)31)25-20(33)35-12-13-7-5-4-6-8-13/h4-8,14,17H,9-12,23H2,1-3H3,(H,24,28)(H,25,33)(H,30,31)/t14-,17?/m0/s1. The second-order valence-electron chi connectivity index (χ2n) is 8.77. The summed E-state index contributed by atoms with van der Waals surface area (Å²) in [5, 5.41) is 13.7. The first-order valence-electron chi connectivity index (χ1n) is 10.8. The summed E-state index contributed by atoms with van der Waals surface area (Å²) in [4.78, 5) is 73.9. The normalized spacial score (nSPS) is 15.2. The smallest absolute Gasteiger partial charge is 0.408 e. The average Bonchev–Trinajstić information content (AvgIpc) is 3.07. The van der Waals surface area contributed by atoms with Gasteiger partial charge in [0.2, 0.25) is 5.91 Å². The number of esters is 1. The Balaban J connectivity index is 1.86. The molecule has 5 N–H and O–H groups in total. The second kappa shape index (κ2) is 12.0. The Morgan fingerprint density at radius 1 is 1.14 bits per heavy atom. The number of carbonyl (C=O) groups is 6. The molecule has 0 aliphatic carbocycles. The van der Waals surface area contributed by atoms with Gasteiger partial charge in [-0.05, 0) is 26.3 Å². The largest absolute Gasteiger partial charge is 0.480 e. The van der Waals surface area contributed by atoms with E-state index in [4.69, 9.17) is 15.2 Å². The Hall–Kier alpha value is -4.20. The number of carboxylic acid groups (broad SMARTS) is 1. The van der Waals surface area contributed by atoms with Gasteiger partial charge in [-0.15, -0.1) is 0 Å². The number of ether oxygens (including phenoxy) is 2. The molecule has 0 bridgehead atoms. The van der Waals surface area contributed by atoms with Crippen molar-refractivity contribution in [1.29, 1.82) is 0 Å². The molecular weight excluding hydrogens is 478 g/mol. The van der Waals surface area contributed by atoms with Gasteiger partial charge in [0, 0.05) is 6.54 Å². The van der Waals surface area contributed by atoms with Crippen LogP contribution in [-0.2, 0) is 35.3 Å². The zero-order valence-electron chi connectivity index (χ0n) is 20.1. The second-order valence-corrected chi connectivity index (χ2v) is 8.77. The number of imide groups is 1. The lowest BCUT2D eigenvalue weighted by Gasteiger charge is -2.26. The number of alkyl carbamates (subject to hydrolysis) is 1. The minimum atomic E-state index is -1.56. The minimum Gasteiger partial charge on any atom is -0.480 e. The van der Waals surface area contributed by atoms with E-state index >= 15 is 0 Å². The SMILES string of the molecule is CC(C)(C)OC(=O)C(N)N1CC(=O)N(CC(=O)NC[C@H](NC(=O)OCc2ccccc2)C(=O)O)C1=O. The predicted molar refractivity (Wildman–Crippen MR) is 122 cm³/mol. The number of urea groups is 1. The van der Waals surface area contributed by atoms with Crippen LogP contribution in [0.25, 0.3) is 0 Å². The van der Waals surface area contributed by atoms with E-state index < -0.39 is 73.3 Å². The monoisotopic (exact) mass is 507 g/mol. The number of amides is 5. The first kappa shape index (κ1) is 28.0. The Bertz CT molecular complexity index is 1010. The highest BCUT2D eigenvalue weighted by atomic mass is 16.6. The van der Waals surface area contributed by atoms with Crippen molar-refractivity contribution < 1.29 is 43.3 Å². The first-order chi connectivity index (χ1) is 16.8. The fraction of sp³-hybridized carbons (Fsp3) is 0.455. The summed E-state index contributed by atoms with van der Waals surface area (Å²) in [6, 6.07) is 6.17. The van der Waals surface area contributed by atoms with Crippen LogP contribution in [0.2, 0.25) is 0 Å². The van der Waals surface area contributed by atoms with Crippen LogP contribution in [0.3, 0.4) is 0 Å². The minimum absolute atomic E-state index is 0.0908. The number of nitrogens with one attached hydrogen (secondary N) is 2. The van der Waals surface area contributed by atoms with Crippen molar-refractivity contribution in [2.75, 3.05) is 19.6 Å². The molecule has 36 heavy (non-hydrogen) atoms. The number of rotatable bonds is 10. The summed E-state index contributed by atoms with van der Waals surface area (Å²) in [7, 11) is 0. The van der Waals surface area contributed by atoms with E-state index in [1.165, 1.54) is 0 Å². The number of nitrogens with two attached hydrogens (primary N) is 1. The third-order valence-corrected chi connectivity index (χ3v) is 4.68. The van der Waals surface area contributed by atoms with Gasteiger partial charge in [-0.2, -0.15) is 0 Å². The van der Waals surface area contributed by atoms with Gasteiger partial charge in [-0.3, -0.25) is 19.4 Å². The predicted octanol–water partition coefficient (Wildman–Crippen LogP) is -0.627. The van der Waals surface area contributed by atoms with E-state index in [0.717, 1.165) is 4.90 Å². The zero-order valence-corrected chi connectivity index (χ0v) is 20.1. The van der Waals surface area contributed by atoms with Crippen LogP contribution in [0.4, 0.5) is 9.59 Å². The Morgan fingerprint density at radius 3 is 2.36 bits per heavy atom. The van der Waals surface area contributed by atoms with Crippen LogP contribution < -0.4 is 16.4 Å². The topological polar surface area (TPSA) is 198 Å². The van der Waals surface area contributed by atoms with Crippen LogP contribution in [-0.4, -0.2) is 88.2 Å². The fourth-order valence-electron chi connectivity index (χ4n) is 2.95. The first-order valence-corrected chi connectivity index (χ1v) is 10.8. The summed E-state index contributed by atoms with van der Waals surface area (Å²) >= 11 is 0. The summed E-state index contributed by atoms with van der Waals surface area (Å²) in [6.45, 7) is 2.88. The van der Waals surface area contributed by atoms with Gasteiger partial charge < -0.3 is 30.9 Å². The highest BCUT2D eigenvalue weighted by Crippen LogP contribution is 2.15. The molecule has 196 valence electrons. The van der Waals surface area contributed by atoms with Crippen molar-refractivity contribution in [2.45, 2.75) is 45.2 Å². The number of nitrogens with zero attached hydrogens (tertiary/aromatic N) is 2. The Kier molecular flexibility index (Phi) is 9.32. The quantitative estimate of drug-likeness (QED) is 0.234.